The number of sulfonamides is 1. The Morgan fingerprint density at radius 3 is 2.53 bits per heavy atom. The summed E-state index contributed by atoms with van der Waals surface area (Å²) in [7, 11) is -2.20. The summed E-state index contributed by atoms with van der Waals surface area (Å²) in [4.78, 5) is 14.2. The molecule has 1 rings (SSSR count). The minimum Gasteiger partial charge on any atom is -0.351 e. The molecule has 82 valence electrons. The molecule has 7 nitrogen and oxygen atoms in total. The summed E-state index contributed by atoms with van der Waals surface area (Å²) in [6, 6.07) is 1.89. The van der Waals surface area contributed by atoms with Gasteiger partial charge in [-0.15, -0.1) is 0 Å². The number of urea groups is 1. The SMILES string of the molecule is CNS(=O)(=O)c1ccc(NC(N)=O)nc1. The second kappa shape index (κ2) is 4.24. The minimum atomic E-state index is -3.50. The van der Waals surface area contributed by atoms with E-state index in [0.717, 1.165) is 6.20 Å². The monoisotopic (exact) mass is 230 g/mol. The van der Waals surface area contributed by atoms with E-state index in [1.807, 2.05) is 0 Å². The van der Waals surface area contributed by atoms with Crippen LogP contribution in [0, 0.1) is 0 Å². The van der Waals surface area contributed by atoms with Gasteiger partial charge in [0.25, 0.3) is 0 Å². The normalized spacial score (nSPS) is 11.0. The van der Waals surface area contributed by atoms with Gasteiger partial charge in [-0.3, -0.25) is 5.32 Å². The molecular weight excluding hydrogens is 220 g/mol. The molecule has 0 saturated carbocycles. The minimum absolute atomic E-state index is 0.0139. The second-order valence-corrected chi connectivity index (χ2v) is 4.46. The maximum atomic E-state index is 11.3. The Labute approximate surface area is 86.7 Å². The van der Waals surface area contributed by atoms with Gasteiger partial charge in [-0.25, -0.2) is 22.9 Å². The van der Waals surface area contributed by atoms with Gasteiger partial charge in [0.05, 0.1) is 0 Å². The lowest BCUT2D eigenvalue weighted by Crippen LogP contribution is -2.21. The van der Waals surface area contributed by atoms with Crippen molar-refractivity contribution in [3.8, 4) is 0 Å². The van der Waals surface area contributed by atoms with Crippen LogP contribution < -0.4 is 15.8 Å². The van der Waals surface area contributed by atoms with Crippen LogP contribution in [0.25, 0.3) is 0 Å². The van der Waals surface area contributed by atoms with E-state index < -0.39 is 16.1 Å². The topological polar surface area (TPSA) is 114 Å². The lowest BCUT2D eigenvalue weighted by atomic mass is 10.4. The van der Waals surface area contributed by atoms with Crippen molar-refractivity contribution in [1.29, 1.82) is 0 Å². The standard InChI is InChI=1S/C7H10N4O3S/c1-9-15(13,14)5-2-3-6(10-4-5)11-7(8)12/h2-4,9H,1H3,(H3,8,10,11,12). The van der Waals surface area contributed by atoms with Crippen molar-refractivity contribution in [1.82, 2.24) is 9.71 Å². The maximum Gasteiger partial charge on any atom is 0.317 e. The summed E-state index contributed by atoms with van der Waals surface area (Å²) in [6.45, 7) is 0. The Bertz CT molecular complexity index is 454. The van der Waals surface area contributed by atoms with Crippen LogP contribution in [0.1, 0.15) is 0 Å². The molecule has 0 unspecified atom stereocenters. The third kappa shape index (κ3) is 2.89. The van der Waals surface area contributed by atoms with Crippen molar-refractivity contribution in [3.05, 3.63) is 18.3 Å². The van der Waals surface area contributed by atoms with Crippen molar-refractivity contribution in [2.75, 3.05) is 12.4 Å². The first kappa shape index (κ1) is 11.4. The number of anilines is 1. The van der Waals surface area contributed by atoms with Gasteiger partial charge in [-0.2, -0.15) is 0 Å². The van der Waals surface area contributed by atoms with Crippen LogP contribution in [0.15, 0.2) is 23.2 Å². The van der Waals surface area contributed by atoms with E-state index in [1.54, 1.807) is 0 Å². The molecule has 4 N–H and O–H groups in total. The molecule has 0 saturated heterocycles. The Kier molecular flexibility index (Phi) is 3.22. The van der Waals surface area contributed by atoms with Crippen LogP contribution >= 0.6 is 0 Å². The van der Waals surface area contributed by atoms with E-state index in [0.29, 0.717) is 0 Å². The highest BCUT2D eigenvalue weighted by molar-refractivity contribution is 7.89. The number of nitrogens with one attached hydrogen (secondary N) is 2. The lowest BCUT2D eigenvalue weighted by molar-refractivity contribution is 0.259. The van der Waals surface area contributed by atoms with Crippen molar-refractivity contribution >= 4 is 21.9 Å². The Morgan fingerprint density at radius 2 is 2.13 bits per heavy atom. The van der Waals surface area contributed by atoms with Crippen LogP contribution in [0.4, 0.5) is 10.6 Å². The predicted molar refractivity (Wildman–Crippen MR) is 53.7 cm³/mol. The fourth-order valence-corrected chi connectivity index (χ4v) is 1.53. The van der Waals surface area contributed by atoms with E-state index in [9.17, 15) is 13.2 Å². The molecule has 0 aliphatic rings. The number of amides is 2. The van der Waals surface area contributed by atoms with Crippen LogP contribution in [-0.4, -0.2) is 26.5 Å². The van der Waals surface area contributed by atoms with Gasteiger partial charge in [0.15, 0.2) is 0 Å². The number of carbonyl (C=O) groups excluding carboxylic acids is 1. The highest BCUT2D eigenvalue weighted by Gasteiger charge is 2.11. The Balaban J connectivity index is 2.95. The number of nitrogens with zero attached hydrogens (tertiary/aromatic N) is 1. The summed E-state index contributed by atoms with van der Waals surface area (Å²) in [5.74, 6) is 0.192. The van der Waals surface area contributed by atoms with Gasteiger partial charge in [0.2, 0.25) is 10.0 Å². The summed E-state index contributed by atoms with van der Waals surface area (Å²) < 4.78 is 24.7. The van der Waals surface area contributed by atoms with Gasteiger partial charge in [-0.05, 0) is 19.2 Å². The van der Waals surface area contributed by atoms with Gasteiger partial charge in [-0.1, -0.05) is 0 Å². The first-order chi connectivity index (χ1) is 6.95. The molecule has 0 atom stereocenters. The van der Waals surface area contributed by atoms with E-state index in [1.165, 1.54) is 19.2 Å². The fourth-order valence-electron chi connectivity index (χ4n) is 0.857. The predicted octanol–water partition coefficient (Wildman–Crippen LogP) is -0.520. The molecule has 0 bridgehead atoms. The molecule has 0 aliphatic heterocycles. The van der Waals surface area contributed by atoms with E-state index >= 15 is 0 Å². The maximum absolute atomic E-state index is 11.3. The van der Waals surface area contributed by atoms with Crippen LogP contribution in [0.2, 0.25) is 0 Å². The number of carbonyl (C=O) groups is 1. The van der Waals surface area contributed by atoms with Crippen LogP contribution in [-0.2, 0) is 10.0 Å². The molecule has 15 heavy (non-hydrogen) atoms. The molecule has 1 aromatic heterocycles. The first-order valence-corrected chi connectivity index (χ1v) is 5.40. The number of hydrogen-bond donors (Lipinski definition) is 3. The molecule has 8 heteroatoms. The number of rotatable bonds is 3. The van der Waals surface area contributed by atoms with Gasteiger partial charge in [0, 0.05) is 6.20 Å². The number of nitrogens with two attached hydrogens (primary N) is 1. The van der Waals surface area contributed by atoms with Crippen LogP contribution in [0.5, 0.6) is 0 Å². The average molecular weight is 230 g/mol. The number of aromatic nitrogens is 1. The molecule has 0 aliphatic carbocycles. The highest BCUT2D eigenvalue weighted by Crippen LogP contribution is 2.09. The second-order valence-electron chi connectivity index (χ2n) is 2.58. The largest absolute Gasteiger partial charge is 0.351 e. The van der Waals surface area contributed by atoms with Gasteiger partial charge >= 0.3 is 6.03 Å². The third-order valence-electron chi connectivity index (χ3n) is 1.57. The number of pyridine rings is 1. The molecule has 2 amide bonds. The third-order valence-corrected chi connectivity index (χ3v) is 2.97. The molecule has 0 aromatic carbocycles. The summed E-state index contributed by atoms with van der Waals surface area (Å²) in [6.07, 6.45) is 1.12. The van der Waals surface area contributed by atoms with E-state index in [2.05, 4.69) is 15.0 Å². The van der Waals surface area contributed by atoms with Crippen molar-refractivity contribution < 1.29 is 13.2 Å². The van der Waals surface area contributed by atoms with E-state index in [-0.39, 0.29) is 10.7 Å². The Hall–Kier alpha value is -1.67. The summed E-state index contributed by atoms with van der Waals surface area (Å²) >= 11 is 0. The highest BCUT2D eigenvalue weighted by atomic mass is 32.2. The van der Waals surface area contributed by atoms with Gasteiger partial charge < -0.3 is 5.73 Å². The Morgan fingerprint density at radius 1 is 1.47 bits per heavy atom. The first-order valence-electron chi connectivity index (χ1n) is 3.92. The molecule has 0 radical (unpaired) electrons. The zero-order chi connectivity index (χ0) is 11.5. The fraction of sp³-hybridized carbons (Fsp3) is 0.143. The van der Waals surface area contributed by atoms with Crippen LogP contribution in [0.3, 0.4) is 0 Å². The summed E-state index contributed by atoms with van der Waals surface area (Å²) in [5, 5.41) is 2.21. The molecule has 0 spiro atoms. The van der Waals surface area contributed by atoms with Crippen molar-refractivity contribution in [2.24, 2.45) is 5.73 Å². The lowest BCUT2D eigenvalue weighted by Gasteiger charge is -2.03. The van der Waals surface area contributed by atoms with Crippen molar-refractivity contribution in [3.63, 3.8) is 0 Å². The molecule has 1 aromatic rings. The van der Waals surface area contributed by atoms with Crippen molar-refractivity contribution in [2.45, 2.75) is 4.90 Å². The molecule has 0 fully saturated rings. The number of primary amides is 1. The molecular formula is C7H10N4O3S. The quantitative estimate of drug-likeness (QED) is 0.648. The summed E-state index contributed by atoms with van der Waals surface area (Å²) in [5.41, 5.74) is 4.85. The zero-order valence-electron chi connectivity index (χ0n) is 7.89. The zero-order valence-corrected chi connectivity index (χ0v) is 8.71. The number of hydrogen-bond acceptors (Lipinski definition) is 4. The molecule has 1 heterocycles. The van der Waals surface area contributed by atoms with Gasteiger partial charge in [0.1, 0.15) is 10.7 Å². The average Bonchev–Trinajstić information content (AvgIpc) is 2.18. The smallest absolute Gasteiger partial charge is 0.317 e. The van der Waals surface area contributed by atoms with E-state index in [4.69, 9.17) is 5.73 Å².